The highest BCUT2D eigenvalue weighted by atomic mass is 35.5. The van der Waals surface area contributed by atoms with E-state index in [4.69, 9.17) is 11.6 Å². The molecule has 0 unspecified atom stereocenters. The van der Waals surface area contributed by atoms with E-state index in [-0.39, 0.29) is 22.7 Å². The molecule has 1 aromatic carbocycles. The van der Waals surface area contributed by atoms with Crippen LogP contribution in [0.5, 0.6) is 0 Å². The summed E-state index contributed by atoms with van der Waals surface area (Å²) in [6, 6.07) is 3.38. The fourth-order valence-corrected chi connectivity index (χ4v) is 1.70. The van der Waals surface area contributed by atoms with Gasteiger partial charge < -0.3 is 5.32 Å². The second-order valence-corrected chi connectivity index (χ2v) is 4.13. The molecule has 5 nitrogen and oxygen atoms in total. The summed E-state index contributed by atoms with van der Waals surface area (Å²) in [6.45, 7) is 0. The number of rotatable bonds is 3. The van der Waals surface area contributed by atoms with Crippen molar-refractivity contribution in [2.24, 2.45) is 0 Å². The summed E-state index contributed by atoms with van der Waals surface area (Å²) in [7, 11) is 0. The molecule has 0 saturated heterocycles. The Morgan fingerprint density at radius 1 is 1.59 bits per heavy atom. The van der Waals surface area contributed by atoms with Crippen molar-refractivity contribution >= 4 is 23.2 Å². The summed E-state index contributed by atoms with van der Waals surface area (Å²) >= 11 is 5.75. The van der Waals surface area contributed by atoms with Gasteiger partial charge >= 0.3 is 0 Å². The molecule has 0 heterocycles. The molecule has 90 valence electrons. The molecular weight excluding hydrogens is 251 g/mol. The summed E-state index contributed by atoms with van der Waals surface area (Å²) in [5.74, 6) is -0.715. The van der Waals surface area contributed by atoms with Crippen molar-refractivity contribution in [2.45, 2.75) is 18.6 Å². The third-order valence-corrected chi connectivity index (χ3v) is 2.76. The van der Waals surface area contributed by atoms with Gasteiger partial charge in [0.1, 0.15) is 11.7 Å². The highest BCUT2D eigenvalue weighted by molar-refractivity contribution is 6.34. The molecule has 0 bridgehead atoms. The lowest BCUT2D eigenvalue weighted by Crippen LogP contribution is -2.28. The molecule has 1 aliphatic rings. The van der Waals surface area contributed by atoms with Gasteiger partial charge in [0.25, 0.3) is 11.6 Å². The fourth-order valence-electron chi connectivity index (χ4n) is 1.44. The molecule has 7 heteroatoms. The van der Waals surface area contributed by atoms with Gasteiger partial charge in [0, 0.05) is 12.5 Å². The zero-order valence-electron chi connectivity index (χ0n) is 8.52. The predicted octanol–water partition coefficient (Wildman–Crippen LogP) is 2.09. The largest absolute Gasteiger partial charge is 0.346 e. The third-order valence-electron chi connectivity index (χ3n) is 2.44. The number of nitro benzene ring substituents is 1. The Morgan fingerprint density at radius 2 is 2.24 bits per heavy atom. The van der Waals surface area contributed by atoms with E-state index in [2.05, 4.69) is 5.32 Å². The highest BCUT2D eigenvalue weighted by Gasteiger charge is 2.40. The van der Waals surface area contributed by atoms with Gasteiger partial charge in [-0.2, -0.15) is 0 Å². The van der Waals surface area contributed by atoms with Crippen LogP contribution in [0.2, 0.25) is 5.02 Å². The van der Waals surface area contributed by atoms with Crippen molar-refractivity contribution in [3.63, 3.8) is 0 Å². The van der Waals surface area contributed by atoms with Crippen LogP contribution in [0.4, 0.5) is 10.1 Å². The van der Waals surface area contributed by atoms with Crippen molar-refractivity contribution in [1.29, 1.82) is 0 Å². The van der Waals surface area contributed by atoms with Gasteiger partial charge in [-0.1, -0.05) is 17.7 Å². The monoisotopic (exact) mass is 258 g/mol. The number of hydrogen-bond acceptors (Lipinski definition) is 3. The van der Waals surface area contributed by atoms with E-state index in [1.807, 2.05) is 0 Å². The van der Waals surface area contributed by atoms with Crippen LogP contribution in [-0.2, 0) is 0 Å². The number of halogens is 2. The summed E-state index contributed by atoms with van der Waals surface area (Å²) in [5.41, 5.74) is -0.607. The summed E-state index contributed by atoms with van der Waals surface area (Å²) < 4.78 is 12.6. The van der Waals surface area contributed by atoms with E-state index in [1.165, 1.54) is 18.2 Å². The Bertz CT molecular complexity index is 494. The fraction of sp³-hybridized carbons (Fsp3) is 0.300. The Hall–Kier alpha value is -1.69. The van der Waals surface area contributed by atoms with Gasteiger partial charge in [0.2, 0.25) is 0 Å². The van der Waals surface area contributed by atoms with Crippen molar-refractivity contribution in [3.8, 4) is 0 Å². The minimum Gasteiger partial charge on any atom is -0.346 e. The maximum Gasteiger partial charge on any atom is 0.283 e. The molecular formula is C10H8ClFN2O3. The van der Waals surface area contributed by atoms with E-state index >= 15 is 0 Å². The first-order chi connectivity index (χ1) is 8.00. The van der Waals surface area contributed by atoms with Gasteiger partial charge in [-0.3, -0.25) is 14.9 Å². The molecule has 17 heavy (non-hydrogen) atoms. The average molecular weight is 259 g/mol. The number of hydrogen-bond donors (Lipinski definition) is 1. The molecule has 1 aromatic rings. The van der Waals surface area contributed by atoms with Crippen molar-refractivity contribution in [1.82, 2.24) is 5.32 Å². The van der Waals surface area contributed by atoms with Crippen LogP contribution >= 0.6 is 11.6 Å². The second kappa shape index (κ2) is 4.29. The van der Waals surface area contributed by atoms with E-state index in [1.54, 1.807) is 0 Å². The standard InChI is InChI=1S/C10H8ClFN2O3/c11-5-2-1-3-8(14(16)17)9(5)10(15)13-7-4-6(7)12/h1-3,6-7H,4H2,(H,13,15)/t6-,7+/m0/s1. The van der Waals surface area contributed by atoms with Gasteiger partial charge in [0.15, 0.2) is 0 Å². The predicted molar refractivity (Wildman–Crippen MR) is 58.9 cm³/mol. The topological polar surface area (TPSA) is 72.2 Å². The molecule has 0 radical (unpaired) electrons. The molecule has 0 spiro atoms. The quantitative estimate of drug-likeness (QED) is 0.666. The minimum atomic E-state index is -1.07. The lowest BCUT2D eigenvalue weighted by molar-refractivity contribution is -0.385. The molecule has 1 amide bonds. The number of benzene rings is 1. The minimum absolute atomic E-state index is 0.0206. The van der Waals surface area contributed by atoms with E-state index in [0.717, 1.165) is 0 Å². The summed E-state index contributed by atoms with van der Waals surface area (Å²) in [6.07, 6.45) is -0.829. The molecule has 2 rings (SSSR count). The van der Waals surface area contributed by atoms with Crippen LogP contribution in [0.15, 0.2) is 18.2 Å². The first kappa shape index (κ1) is 11.8. The average Bonchev–Trinajstić information content (AvgIpc) is 2.93. The number of nitrogens with one attached hydrogen (secondary N) is 1. The van der Waals surface area contributed by atoms with Crippen LogP contribution in [0, 0.1) is 10.1 Å². The van der Waals surface area contributed by atoms with E-state index < -0.39 is 23.0 Å². The molecule has 1 fully saturated rings. The molecule has 1 N–H and O–H groups in total. The number of carbonyl (C=O) groups is 1. The first-order valence-electron chi connectivity index (χ1n) is 4.88. The van der Waals surface area contributed by atoms with Crippen molar-refractivity contribution < 1.29 is 14.1 Å². The van der Waals surface area contributed by atoms with Crippen LogP contribution in [0.1, 0.15) is 16.8 Å². The SMILES string of the molecule is O=C(N[C@@H]1C[C@@H]1F)c1c(Cl)cccc1[N+](=O)[O-]. The number of carbonyl (C=O) groups excluding carboxylic acids is 1. The maximum absolute atomic E-state index is 12.6. The van der Waals surface area contributed by atoms with Crippen LogP contribution in [0.3, 0.4) is 0 Å². The zero-order chi connectivity index (χ0) is 12.6. The third kappa shape index (κ3) is 2.36. The Labute approximate surface area is 101 Å². The first-order valence-corrected chi connectivity index (χ1v) is 5.26. The summed E-state index contributed by atoms with van der Waals surface area (Å²) in [5, 5.41) is 13.1. The number of nitro groups is 1. The van der Waals surface area contributed by atoms with Crippen molar-refractivity contribution in [2.75, 3.05) is 0 Å². The normalized spacial score (nSPS) is 22.0. The van der Waals surface area contributed by atoms with Crippen molar-refractivity contribution in [3.05, 3.63) is 38.9 Å². The molecule has 0 aromatic heterocycles. The zero-order valence-corrected chi connectivity index (χ0v) is 9.28. The maximum atomic E-state index is 12.6. The smallest absolute Gasteiger partial charge is 0.283 e. The van der Waals surface area contributed by atoms with Gasteiger partial charge in [-0.25, -0.2) is 4.39 Å². The van der Waals surface area contributed by atoms with E-state index in [0.29, 0.717) is 0 Å². The Balaban J connectivity index is 2.29. The molecule has 0 aliphatic heterocycles. The number of nitrogens with zero attached hydrogens (tertiary/aromatic N) is 1. The van der Waals surface area contributed by atoms with Gasteiger partial charge in [-0.05, 0) is 6.07 Å². The van der Waals surface area contributed by atoms with Gasteiger partial charge in [0.05, 0.1) is 16.0 Å². The van der Waals surface area contributed by atoms with Gasteiger partial charge in [-0.15, -0.1) is 0 Å². The molecule has 1 saturated carbocycles. The van der Waals surface area contributed by atoms with E-state index in [9.17, 15) is 19.3 Å². The van der Waals surface area contributed by atoms with Crippen LogP contribution in [0.25, 0.3) is 0 Å². The second-order valence-electron chi connectivity index (χ2n) is 3.72. The molecule has 2 atom stereocenters. The number of amides is 1. The summed E-state index contributed by atoms with van der Waals surface area (Å²) in [4.78, 5) is 21.8. The molecule has 1 aliphatic carbocycles. The Morgan fingerprint density at radius 3 is 2.76 bits per heavy atom. The lowest BCUT2D eigenvalue weighted by atomic mass is 10.1. The van der Waals surface area contributed by atoms with Crippen LogP contribution < -0.4 is 5.32 Å². The lowest BCUT2D eigenvalue weighted by Gasteiger charge is -2.05. The number of alkyl halides is 1. The Kier molecular flexibility index (Phi) is 2.97. The highest BCUT2D eigenvalue weighted by Crippen LogP contribution is 2.29. The van der Waals surface area contributed by atoms with Crippen LogP contribution in [-0.4, -0.2) is 23.0 Å².